The smallest absolute Gasteiger partial charge is 0.488 e. The molecule has 0 radical (unpaired) electrons. The van der Waals surface area contributed by atoms with Gasteiger partial charge in [0.2, 0.25) is 0 Å². The minimum absolute atomic E-state index is 0.116. The van der Waals surface area contributed by atoms with E-state index in [9.17, 15) is 18.0 Å². The summed E-state index contributed by atoms with van der Waals surface area (Å²) in [6, 6.07) is 7.23. The lowest BCUT2D eigenvalue weighted by molar-refractivity contribution is 0.120. The van der Waals surface area contributed by atoms with Gasteiger partial charge in [0.1, 0.15) is 23.9 Å². The van der Waals surface area contributed by atoms with Crippen LogP contribution in [0.25, 0.3) is 0 Å². The van der Waals surface area contributed by atoms with E-state index in [-0.39, 0.29) is 29.2 Å². The Hall–Kier alpha value is -2.70. The van der Waals surface area contributed by atoms with E-state index in [4.69, 9.17) is 9.47 Å². The molecule has 3 rings (SSSR count). The van der Waals surface area contributed by atoms with E-state index in [2.05, 4.69) is 4.74 Å². The van der Waals surface area contributed by atoms with Crippen molar-refractivity contribution in [2.24, 2.45) is 0 Å². The number of alkyl halides is 2. The zero-order valence-electron chi connectivity index (χ0n) is 14.9. The number of halogens is 3. The number of methoxy groups -OCH3 is 1. The van der Waals surface area contributed by atoms with Gasteiger partial charge in [-0.2, -0.15) is 0 Å². The molecule has 0 saturated heterocycles. The summed E-state index contributed by atoms with van der Waals surface area (Å²) in [6.45, 7) is 1.27. The van der Waals surface area contributed by atoms with Crippen LogP contribution in [-0.4, -0.2) is 13.3 Å². The predicted molar refractivity (Wildman–Crippen MR) is 91.9 cm³/mol. The highest BCUT2D eigenvalue weighted by Gasteiger charge is 2.28. The van der Waals surface area contributed by atoms with Gasteiger partial charge < -0.3 is 14.2 Å². The highest BCUT2D eigenvalue weighted by atomic mass is 19.3. The molecule has 0 N–H and O–H groups in total. The first kappa shape index (κ1) is 19.1. The van der Waals surface area contributed by atoms with Gasteiger partial charge in [-0.3, -0.25) is 0 Å². The minimum Gasteiger partial charge on any atom is -0.488 e. The standard InChI is InChI=1S/C20H19F3O4/c1-11-8-14(19(22)23)18(9-16(11)21)26-10-15-13(12-6-7-12)4-3-5-17(15)27-20(24)25-2/h3-5,8-9,12,19H,6-7,10H2,1-2H3. The van der Waals surface area contributed by atoms with Gasteiger partial charge >= 0.3 is 6.16 Å². The van der Waals surface area contributed by atoms with Crippen LogP contribution >= 0.6 is 0 Å². The zero-order chi connectivity index (χ0) is 19.6. The Bertz CT molecular complexity index is 847. The summed E-state index contributed by atoms with van der Waals surface area (Å²) in [7, 11) is 1.19. The molecule has 0 atom stereocenters. The summed E-state index contributed by atoms with van der Waals surface area (Å²) in [6.07, 6.45) is -1.73. The topological polar surface area (TPSA) is 44.8 Å². The van der Waals surface area contributed by atoms with Crippen LogP contribution in [0, 0.1) is 12.7 Å². The second kappa shape index (κ2) is 7.90. The minimum atomic E-state index is -2.80. The molecule has 0 aliphatic heterocycles. The fourth-order valence-corrected chi connectivity index (χ4v) is 2.87. The molecule has 7 heteroatoms. The number of rotatable bonds is 6. The predicted octanol–water partition coefficient (Wildman–Crippen LogP) is 5.67. The van der Waals surface area contributed by atoms with Gasteiger partial charge in [-0.25, -0.2) is 18.0 Å². The van der Waals surface area contributed by atoms with Crippen LogP contribution in [0.4, 0.5) is 18.0 Å². The molecular formula is C20H19F3O4. The number of carbonyl (C=O) groups is 1. The van der Waals surface area contributed by atoms with Crippen molar-refractivity contribution in [3.05, 3.63) is 58.4 Å². The fraction of sp³-hybridized carbons (Fsp3) is 0.350. The number of hydrogen-bond acceptors (Lipinski definition) is 4. The molecule has 144 valence electrons. The summed E-state index contributed by atoms with van der Waals surface area (Å²) in [4.78, 5) is 11.5. The van der Waals surface area contributed by atoms with Crippen LogP contribution in [0.1, 0.15) is 47.4 Å². The molecule has 0 amide bonds. The molecular weight excluding hydrogens is 361 g/mol. The van der Waals surface area contributed by atoms with Gasteiger partial charge in [-0.15, -0.1) is 0 Å². The number of benzene rings is 2. The Morgan fingerprint density at radius 2 is 1.96 bits per heavy atom. The van der Waals surface area contributed by atoms with E-state index in [1.54, 1.807) is 12.1 Å². The van der Waals surface area contributed by atoms with Gasteiger partial charge in [0.15, 0.2) is 0 Å². The first-order chi connectivity index (χ1) is 12.9. The third-order valence-electron chi connectivity index (χ3n) is 4.44. The molecule has 27 heavy (non-hydrogen) atoms. The molecule has 0 bridgehead atoms. The van der Waals surface area contributed by atoms with Crippen LogP contribution in [0.3, 0.4) is 0 Å². The summed E-state index contributed by atoms with van der Waals surface area (Å²) < 4.78 is 55.7. The van der Waals surface area contributed by atoms with E-state index >= 15 is 0 Å². The van der Waals surface area contributed by atoms with Crippen molar-refractivity contribution in [3.8, 4) is 11.5 Å². The lowest BCUT2D eigenvalue weighted by Crippen LogP contribution is -2.11. The molecule has 1 aliphatic rings. The highest BCUT2D eigenvalue weighted by molar-refractivity contribution is 5.65. The average Bonchev–Trinajstić information content (AvgIpc) is 3.47. The molecule has 0 spiro atoms. The summed E-state index contributed by atoms with van der Waals surface area (Å²) in [5.74, 6) is -0.329. The molecule has 2 aromatic rings. The van der Waals surface area contributed by atoms with Crippen molar-refractivity contribution in [2.75, 3.05) is 7.11 Å². The second-order valence-corrected chi connectivity index (χ2v) is 6.38. The molecule has 0 aromatic heterocycles. The molecule has 0 heterocycles. The van der Waals surface area contributed by atoms with Crippen molar-refractivity contribution in [3.63, 3.8) is 0 Å². The number of ether oxygens (including phenoxy) is 3. The van der Waals surface area contributed by atoms with Crippen LogP contribution < -0.4 is 9.47 Å². The van der Waals surface area contributed by atoms with E-state index in [0.29, 0.717) is 11.5 Å². The van der Waals surface area contributed by atoms with Gasteiger partial charge in [0.05, 0.1) is 12.7 Å². The lowest BCUT2D eigenvalue weighted by Gasteiger charge is -2.17. The van der Waals surface area contributed by atoms with Crippen molar-refractivity contribution >= 4 is 6.16 Å². The maximum atomic E-state index is 13.9. The van der Waals surface area contributed by atoms with Crippen LogP contribution in [-0.2, 0) is 11.3 Å². The fourth-order valence-electron chi connectivity index (χ4n) is 2.87. The molecule has 1 aliphatic carbocycles. The quantitative estimate of drug-likeness (QED) is 0.478. The number of hydrogen-bond donors (Lipinski definition) is 0. The van der Waals surface area contributed by atoms with E-state index in [0.717, 1.165) is 30.5 Å². The van der Waals surface area contributed by atoms with Gasteiger partial charge in [-0.1, -0.05) is 12.1 Å². The number of aryl methyl sites for hydroxylation is 1. The Morgan fingerprint density at radius 1 is 1.22 bits per heavy atom. The third-order valence-corrected chi connectivity index (χ3v) is 4.44. The lowest BCUT2D eigenvalue weighted by atomic mass is 10.0. The molecule has 0 unspecified atom stereocenters. The van der Waals surface area contributed by atoms with E-state index < -0.39 is 18.4 Å². The summed E-state index contributed by atoms with van der Waals surface area (Å²) in [5.41, 5.74) is 1.22. The summed E-state index contributed by atoms with van der Waals surface area (Å²) >= 11 is 0. The van der Waals surface area contributed by atoms with Crippen molar-refractivity contribution < 1.29 is 32.2 Å². The van der Waals surface area contributed by atoms with Crippen molar-refractivity contribution in [2.45, 2.75) is 38.7 Å². The van der Waals surface area contributed by atoms with E-state index in [1.807, 2.05) is 6.07 Å². The average molecular weight is 380 g/mol. The Morgan fingerprint density at radius 3 is 2.59 bits per heavy atom. The summed E-state index contributed by atoms with van der Waals surface area (Å²) in [5, 5.41) is 0. The maximum absolute atomic E-state index is 13.9. The second-order valence-electron chi connectivity index (χ2n) is 6.38. The van der Waals surface area contributed by atoms with Crippen LogP contribution in [0.2, 0.25) is 0 Å². The van der Waals surface area contributed by atoms with Gasteiger partial charge in [0.25, 0.3) is 6.43 Å². The first-order valence-electron chi connectivity index (χ1n) is 8.49. The largest absolute Gasteiger partial charge is 0.513 e. The Balaban J connectivity index is 1.91. The SMILES string of the molecule is COC(=O)Oc1cccc(C2CC2)c1COc1cc(F)c(C)cc1C(F)F. The van der Waals surface area contributed by atoms with Crippen molar-refractivity contribution in [1.82, 2.24) is 0 Å². The van der Waals surface area contributed by atoms with Gasteiger partial charge in [-0.05, 0) is 48.9 Å². The first-order valence-corrected chi connectivity index (χ1v) is 8.49. The third kappa shape index (κ3) is 4.35. The van der Waals surface area contributed by atoms with Crippen molar-refractivity contribution in [1.29, 1.82) is 0 Å². The van der Waals surface area contributed by atoms with Crippen LogP contribution in [0.15, 0.2) is 30.3 Å². The van der Waals surface area contributed by atoms with Crippen LogP contribution in [0.5, 0.6) is 11.5 Å². The van der Waals surface area contributed by atoms with E-state index in [1.165, 1.54) is 14.0 Å². The monoisotopic (exact) mass is 380 g/mol. The Labute approximate surface area is 154 Å². The molecule has 2 aromatic carbocycles. The molecule has 1 fully saturated rings. The van der Waals surface area contributed by atoms with Gasteiger partial charge in [0, 0.05) is 11.6 Å². The Kier molecular flexibility index (Phi) is 5.58. The molecule has 4 nitrogen and oxygen atoms in total. The maximum Gasteiger partial charge on any atom is 0.513 e. The normalized spacial score (nSPS) is 13.6. The molecule has 1 saturated carbocycles. The highest BCUT2D eigenvalue weighted by Crippen LogP contribution is 2.44. The zero-order valence-corrected chi connectivity index (χ0v) is 14.9. The number of carbonyl (C=O) groups excluding carboxylic acids is 1.